The largest absolute Gasteiger partial charge is 0.355 e. The van der Waals surface area contributed by atoms with Gasteiger partial charge in [0.2, 0.25) is 5.91 Å². The molecule has 0 aliphatic heterocycles. The van der Waals surface area contributed by atoms with E-state index in [0.717, 1.165) is 19.5 Å². The van der Waals surface area contributed by atoms with Crippen LogP contribution < -0.4 is 11.1 Å². The van der Waals surface area contributed by atoms with Crippen molar-refractivity contribution in [1.29, 1.82) is 0 Å². The van der Waals surface area contributed by atoms with Crippen LogP contribution in [-0.4, -0.2) is 37.0 Å². The normalized spacial score (nSPS) is 12.2. The fourth-order valence-corrected chi connectivity index (χ4v) is 1.95. The van der Waals surface area contributed by atoms with Crippen molar-refractivity contribution in [3.63, 3.8) is 0 Å². The summed E-state index contributed by atoms with van der Waals surface area (Å²) < 4.78 is 0. The molecule has 1 amide bonds. The summed E-state index contributed by atoms with van der Waals surface area (Å²) in [6.45, 7) is 6.09. The van der Waals surface area contributed by atoms with Crippen LogP contribution in [0.1, 0.15) is 18.4 Å². The monoisotopic (exact) mass is 275 g/mol. The summed E-state index contributed by atoms with van der Waals surface area (Å²) in [7, 11) is 2.08. The summed E-state index contributed by atoms with van der Waals surface area (Å²) >= 11 is 0. The van der Waals surface area contributed by atoms with E-state index in [1.807, 2.05) is 18.2 Å². The zero-order valence-corrected chi connectivity index (χ0v) is 12.2. The minimum atomic E-state index is -0.477. The Balaban J connectivity index is 2.14. The van der Waals surface area contributed by atoms with Gasteiger partial charge in [-0.1, -0.05) is 36.4 Å². The summed E-state index contributed by atoms with van der Waals surface area (Å²) in [5.41, 5.74) is 6.98. The summed E-state index contributed by atoms with van der Waals surface area (Å²) in [4.78, 5) is 13.8. The van der Waals surface area contributed by atoms with E-state index in [4.69, 9.17) is 5.73 Å². The van der Waals surface area contributed by atoms with Gasteiger partial charge in [-0.15, -0.1) is 6.58 Å². The topological polar surface area (TPSA) is 58.4 Å². The molecule has 0 fully saturated rings. The van der Waals surface area contributed by atoms with Gasteiger partial charge in [-0.05, 0) is 32.0 Å². The molecule has 1 aromatic carbocycles. The highest BCUT2D eigenvalue weighted by Crippen LogP contribution is 2.02. The fourth-order valence-electron chi connectivity index (χ4n) is 1.95. The second kappa shape index (κ2) is 9.28. The summed E-state index contributed by atoms with van der Waals surface area (Å²) in [6, 6.07) is 9.87. The predicted octanol–water partition coefficient (Wildman–Crippen LogP) is 1.53. The maximum atomic E-state index is 11.6. The van der Waals surface area contributed by atoms with Gasteiger partial charge >= 0.3 is 0 Å². The van der Waals surface area contributed by atoms with Gasteiger partial charge in [-0.25, -0.2) is 0 Å². The van der Waals surface area contributed by atoms with E-state index in [-0.39, 0.29) is 5.91 Å². The SMILES string of the molecule is C=CCC(N)C(=O)NCCCN(C)Cc1ccccc1. The Morgan fingerprint density at radius 1 is 1.45 bits per heavy atom. The van der Waals surface area contributed by atoms with Crippen LogP contribution in [0.25, 0.3) is 0 Å². The lowest BCUT2D eigenvalue weighted by Crippen LogP contribution is -2.41. The molecule has 0 aromatic heterocycles. The van der Waals surface area contributed by atoms with Crippen molar-refractivity contribution in [2.45, 2.75) is 25.4 Å². The van der Waals surface area contributed by atoms with Gasteiger partial charge in [0.1, 0.15) is 0 Å². The molecule has 0 heterocycles. The molecule has 4 nitrogen and oxygen atoms in total. The van der Waals surface area contributed by atoms with Gasteiger partial charge in [0.05, 0.1) is 6.04 Å². The van der Waals surface area contributed by atoms with Gasteiger partial charge in [0.15, 0.2) is 0 Å². The van der Waals surface area contributed by atoms with E-state index in [1.54, 1.807) is 6.08 Å². The Labute approximate surface area is 121 Å². The molecule has 0 saturated carbocycles. The first-order chi connectivity index (χ1) is 9.63. The molecule has 1 rings (SSSR count). The van der Waals surface area contributed by atoms with Crippen molar-refractivity contribution in [3.05, 3.63) is 48.6 Å². The van der Waals surface area contributed by atoms with Crippen LogP contribution in [0, 0.1) is 0 Å². The Kier molecular flexibility index (Phi) is 7.62. The van der Waals surface area contributed by atoms with Gasteiger partial charge in [0, 0.05) is 13.1 Å². The van der Waals surface area contributed by atoms with E-state index in [0.29, 0.717) is 13.0 Å². The van der Waals surface area contributed by atoms with Crippen molar-refractivity contribution in [1.82, 2.24) is 10.2 Å². The van der Waals surface area contributed by atoms with Crippen LogP contribution in [0.5, 0.6) is 0 Å². The molecular formula is C16H25N3O. The molecule has 110 valence electrons. The highest BCUT2D eigenvalue weighted by atomic mass is 16.2. The maximum absolute atomic E-state index is 11.6. The molecule has 1 unspecified atom stereocenters. The van der Waals surface area contributed by atoms with Crippen molar-refractivity contribution in [2.24, 2.45) is 5.73 Å². The molecule has 0 spiro atoms. The lowest BCUT2D eigenvalue weighted by atomic mass is 10.2. The molecular weight excluding hydrogens is 250 g/mol. The number of hydrogen-bond acceptors (Lipinski definition) is 3. The van der Waals surface area contributed by atoms with E-state index >= 15 is 0 Å². The fraction of sp³-hybridized carbons (Fsp3) is 0.438. The van der Waals surface area contributed by atoms with Gasteiger partial charge in [-0.2, -0.15) is 0 Å². The summed E-state index contributed by atoms with van der Waals surface area (Å²) in [5, 5.41) is 2.85. The van der Waals surface area contributed by atoms with Crippen molar-refractivity contribution >= 4 is 5.91 Å². The predicted molar refractivity (Wildman–Crippen MR) is 83.2 cm³/mol. The number of carbonyl (C=O) groups excluding carboxylic acids is 1. The van der Waals surface area contributed by atoms with Crippen LogP contribution in [-0.2, 0) is 11.3 Å². The van der Waals surface area contributed by atoms with Crippen LogP contribution >= 0.6 is 0 Å². The first-order valence-corrected chi connectivity index (χ1v) is 7.00. The van der Waals surface area contributed by atoms with E-state index in [1.165, 1.54) is 5.56 Å². The highest BCUT2D eigenvalue weighted by Gasteiger charge is 2.10. The molecule has 4 heteroatoms. The third-order valence-corrected chi connectivity index (χ3v) is 3.07. The molecule has 0 aliphatic carbocycles. The van der Waals surface area contributed by atoms with Crippen LogP contribution in [0.3, 0.4) is 0 Å². The average Bonchev–Trinajstić information content (AvgIpc) is 2.44. The number of nitrogens with two attached hydrogens (primary N) is 1. The Bertz CT molecular complexity index is 405. The maximum Gasteiger partial charge on any atom is 0.237 e. The molecule has 1 atom stereocenters. The van der Waals surface area contributed by atoms with Crippen LogP contribution in [0.2, 0.25) is 0 Å². The zero-order valence-electron chi connectivity index (χ0n) is 12.2. The molecule has 3 N–H and O–H groups in total. The van der Waals surface area contributed by atoms with E-state index in [9.17, 15) is 4.79 Å². The van der Waals surface area contributed by atoms with Crippen molar-refractivity contribution in [2.75, 3.05) is 20.1 Å². The van der Waals surface area contributed by atoms with E-state index in [2.05, 4.69) is 36.0 Å². The quantitative estimate of drug-likeness (QED) is 0.531. The molecule has 1 aromatic rings. The number of benzene rings is 1. The smallest absolute Gasteiger partial charge is 0.237 e. The molecule has 0 aliphatic rings. The highest BCUT2D eigenvalue weighted by molar-refractivity contribution is 5.81. The summed E-state index contributed by atoms with van der Waals surface area (Å²) in [6.07, 6.45) is 3.09. The zero-order chi connectivity index (χ0) is 14.8. The molecule has 0 bridgehead atoms. The van der Waals surface area contributed by atoms with Crippen molar-refractivity contribution in [3.8, 4) is 0 Å². The Morgan fingerprint density at radius 3 is 2.80 bits per heavy atom. The number of hydrogen-bond donors (Lipinski definition) is 2. The lowest BCUT2D eigenvalue weighted by molar-refractivity contribution is -0.122. The number of carbonyl (C=O) groups is 1. The van der Waals surface area contributed by atoms with Gasteiger partial charge in [-0.3, -0.25) is 4.79 Å². The minimum absolute atomic E-state index is 0.101. The third-order valence-electron chi connectivity index (χ3n) is 3.07. The molecule has 20 heavy (non-hydrogen) atoms. The first-order valence-electron chi connectivity index (χ1n) is 7.00. The Morgan fingerprint density at radius 2 is 2.15 bits per heavy atom. The third kappa shape index (κ3) is 6.50. The molecule has 0 radical (unpaired) electrons. The lowest BCUT2D eigenvalue weighted by Gasteiger charge is -2.17. The number of rotatable bonds is 9. The number of amides is 1. The molecule has 0 saturated heterocycles. The number of nitrogens with zero attached hydrogens (tertiary/aromatic N) is 1. The summed E-state index contributed by atoms with van der Waals surface area (Å²) in [5.74, 6) is -0.101. The second-order valence-electron chi connectivity index (χ2n) is 5.00. The minimum Gasteiger partial charge on any atom is -0.355 e. The van der Waals surface area contributed by atoms with Gasteiger partial charge < -0.3 is 16.0 Å². The van der Waals surface area contributed by atoms with E-state index < -0.39 is 6.04 Å². The Hall–Kier alpha value is -1.65. The average molecular weight is 275 g/mol. The van der Waals surface area contributed by atoms with Gasteiger partial charge in [0.25, 0.3) is 0 Å². The van der Waals surface area contributed by atoms with Crippen LogP contribution in [0.4, 0.5) is 0 Å². The van der Waals surface area contributed by atoms with Crippen molar-refractivity contribution < 1.29 is 4.79 Å². The van der Waals surface area contributed by atoms with Crippen LogP contribution in [0.15, 0.2) is 43.0 Å². The second-order valence-corrected chi connectivity index (χ2v) is 5.00. The first kappa shape index (κ1) is 16.4. The number of nitrogens with one attached hydrogen (secondary N) is 1. The standard InChI is InChI=1S/C16H25N3O/c1-3-8-15(17)16(20)18-11-7-12-19(2)13-14-9-5-4-6-10-14/h3-6,9-10,15H,1,7-8,11-13,17H2,2H3,(H,18,20).